The molecule has 2 heterocycles. The van der Waals surface area contributed by atoms with Crippen LogP contribution in [0.3, 0.4) is 0 Å². The number of hydrogen-bond donors (Lipinski definition) is 2. The molecule has 0 saturated heterocycles. The lowest BCUT2D eigenvalue weighted by atomic mass is 10.1. The Morgan fingerprint density at radius 2 is 1.90 bits per heavy atom. The van der Waals surface area contributed by atoms with Gasteiger partial charge in [-0.3, -0.25) is 10.1 Å². The van der Waals surface area contributed by atoms with E-state index in [1.807, 2.05) is 56.3 Å². The smallest absolute Gasteiger partial charge is 0.269 e. The Kier molecular flexibility index (Phi) is 5.36. The van der Waals surface area contributed by atoms with Gasteiger partial charge in [-0.1, -0.05) is 42.0 Å². The van der Waals surface area contributed by atoms with Crippen molar-refractivity contribution in [3.63, 3.8) is 0 Å². The van der Waals surface area contributed by atoms with Gasteiger partial charge in [0, 0.05) is 12.1 Å². The molecule has 1 aliphatic rings. The van der Waals surface area contributed by atoms with Crippen molar-refractivity contribution in [3.8, 4) is 17.0 Å². The second-order valence-corrected chi connectivity index (χ2v) is 7.64. The summed E-state index contributed by atoms with van der Waals surface area (Å²) in [5, 5.41) is 11.2. The number of ether oxygens (including phenoxy) is 1. The highest BCUT2D eigenvalue weighted by atomic mass is 16.5. The van der Waals surface area contributed by atoms with E-state index in [-0.39, 0.29) is 18.2 Å². The van der Waals surface area contributed by atoms with E-state index in [9.17, 15) is 4.79 Å². The Morgan fingerprint density at radius 1 is 1.17 bits per heavy atom. The number of carbonyl (C=O) groups is 1. The van der Waals surface area contributed by atoms with Gasteiger partial charge >= 0.3 is 0 Å². The van der Waals surface area contributed by atoms with Crippen molar-refractivity contribution in [1.82, 2.24) is 20.4 Å². The number of carbonyl (C=O) groups excluding carboxylic acids is 1. The van der Waals surface area contributed by atoms with Gasteiger partial charge in [0.05, 0.1) is 18.3 Å². The molecule has 4 rings (SSSR count). The van der Waals surface area contributed by atoms with E-state index in [1.165, 1.54) is 5.56 Å². The van der Waals surface area contributed by atoms with Crippen LogP contribution in [0.2, 0.25) is 0 Å². The lowest BCUT2D eigenvalue weighted by Crippen LogP contribution is -2.45. The Bertz CT molecular complexity index is 991. The number of amides is 1. The zero-order chi connectivity index (χ0) is 20.4. The van der Waals surface area contributed by atoms with Crippen LogP contribution in [0.4, 0.5) is 0 Å². The summed E-state index contributed by atoms with van der Waals surface area (Å²) in [6, 6.07) is 18.1. The zero-order valence-electron chi connectivity index (χ0n) is 17.0. The number of nitrogens with zero attached hydrogens (tertiary/aromatic N) is 2. The number of aromatic nitrogens is 2. The average Bonchev–Trinajstić information content (AvgIpc) is 3.15. The van der Waals surface area contributed by atoms with E-state index in [1.54, 1.807) is 4.68 Å². The first kappa shape index (κ1) is 19.2. The van der Waals surface area contributed by atoms with Crippen molar-refractivity contribution >= 4 is 5.91 Å². The minimum Gasteiger partial charge on any atom is -0.491 e. The summed E-state index contributed by atoms with van der Waals surface area (Å²) in [5.74, 6) is 0.773. The summed E-state index contributed by atoms with van der Waals surface area (Å²) < 4.78 is 7.49. The lowest BCUT2D eigenvalue weighted by Gasteiger charge is -2.25. The fraction of sp³-hybridized carbons (Fsp3) is 0.304. The van der Waals surface area contributed by atoms with Gasteiger partial charge in [-0.25, -0.2) is 4.68 Å². The van der Waals surface area contributed by atoms with E-state index in [0.29, 0.717) is 18.8 Å². The fourth-order valence-corrected chi connectivity index (χ4v) is 3.39. The van der Waals surface area contributed by atoms with Gasteiger partial charge < -0.3 is 10.1 Å². The third-order valence-corrected chi connectivity index (χ3v) is 4.90. The van der Waals surface area contributed by atoms with Crippen molar-refractivity contribution in [2.45, 2.75) is 39.6 Å². The molecule has 0 fully saturated rings. The maximum atomic E-state index is 12.3. The van der Waals surface area contributed by atoms with Crippen LogP contribution >= 0.6 is 0 Å². The number of fused-ring (bicyclic) bond motifs is 1. The molecule has 3 aromatic rings. The van der Waals surface area contributed by atoms with Gasteiger partial charge in [0.15, 0.2) is 0 Å². The van der Waals surface area contributed by atoms with Crippen LogP contribution in [-0.2, 0) is 6.54 Å². The van der Waals surface area contributed by atoms with Crippen LogP contribution in [0, 0.1) is 6.92 Å². The lowest BCUT2D eigenvalue weighted by molar-refractivity contribution is 0.0900. The van der Waals surface area contributed by atoms with Gasteiger partial charge in [0.1, 0.15) is 17.6 Å². The Balaban J connectivity index is 1.49. The van der Waals surface area contributed by atoms with Gasteiger partial charge in [-0.05, 0) is 44.5 Å². The predicted molar refractivity (Wildman–Crippen MR) is 113 cm³/mol. The molecule has 0 aliphatic carbocycles. The van der Waals surface area contributed by atoms with Crippen molar-refractivity contribution < 1.29 is 9.53 Å². The van der Waals surface area contributed by atoms with Crippen LogP contribution in [0.15, 0.2) is 54.6 Å². The standard InChI is InChI=1S/C23H26N4O2/c1-15(2)29-19-10-6-17(7-11-19)13-24-22-14-25-23(28)21-12-20(26-27(21)22)18-8-4-16(3)5-9-18/h4-12,15,22,24H,13-14H2,1-3H3,(H,25,28)/t22-/m1/s1. The Hall–Kier alpha value is -3.12. The van der Waals surface area contributed by atoms with Gasteiger partial charge in [0.25, 0.3) is 5.91 Å². The predicted octanol–water partition coefficient (Wildman–Crippen LogP) is 3.68. The topological polar surface area (TPSA) is 68.2 Å². The fourth-order valence-electron chi connectivity index (χ4n) is 3.39. The molecular formula is C23H26N4O2. The first-order valence-electron chi connectivity index (χ1n) is 9.93. The van der Waals surface area contributed by atoms with E-state index in [2.05, 4.69) is 29.7 Å². The third kappa shape index (κ3) is 4.32. The molecule has 0 unspecified atom stereocenters. The molecule has 6 heteroatoms. The second-order valence-electron chi connectivity index (χ2n) is 7.64. The maximum Gasteiger partial charge on any atom is 0.269 e. The molecule has 150 valence electrons. The SMILES string of the molecule is Cc1ccc(-c2cc3n(n2)[C@@H](NCc2ccc(OC(C)C)cc2)CNC3=O)cc1. The highest BCUT2D eigenvalue weighted by Crippen LogP contribution is 2.23. The first-order valence-corrected chi connectivity index (χ1v) is 9.93. The quantitative estimate of drug-likeness (QED) is 0.674. The molecule has 0 saturated carbocycles. The largest absolute Gasteiger partial charge is 0.491 e. The Labute approximate surface area is 170 Å². The highest BCUT2D eigenvalue weighted by molar-refractivity contribution is 5.94. The second kappa shape index (κ2) is 8.09. The molecule has 1 aromatic heterocycles. The van der Waals surface area contributed by atoms with Crippen LogP contribution in [0.1, 0.15) is 41.6 Å². The number of aryl methyl sites for hydroxylation is 1. The summed E-state index contributed by atoms with van der Waals surface area (Å²) in [6.45, 7) is 7.24. The molecule has 1 atom stereocenters. The summed E-state index contributed by atoms with van der Waals surface area (Å²) in [5.41, 5.74) is 4.72. The van der Waals surface area contributed by atoms with Gasteiger partial charge in [0.2, 0.25) is 0 Å². The highest BCUT2D eigenvalue weighted by Gasteiger charge is 2.27. The van der Waals surface area contributed by atoms with Crippen LogP contribution in [0.25, 0.3) is 11.3 Å². The molecule has 0 bridgehead atoms. The average molecular weight is 390 g/mol. The minimum atomic E-state index is -0.103. The van der Waals surface area contributed by atoms with Crippen molar-refractivity contribution in [1.29, 1.82) is 0 Å². The molecule has 2 aromatic carbocycles. The zero-order valence-corrected chi connectivity index (χ0v) is 17.0. The summed E-state index contributed by atoms with van der Waals surface area (Å²) in [4.78, 5) is 12.3. The molecule has 2 N–H and O–H groups in total. The van der Waals surface area contributed by atoms with Crippen molar-refractivity contribution in [3.05, 3.63) is 71.4 Å². The van der Waals surface area contributed by atoms with E-state index in [4.69, 9.17) is 9.84 Å². The number of rotatable bonds is 6. The van der Waals surface area contributed by atoms with Crippen LogP contribution in [0.5, 0.6) is 5.75 Å². The molecule has 1 aliphatic heterocycles. The van der Waals surface area contributed by atoms with E-state index in [0.717, 1.165) is 22.6 Å². The third-order valence-electron chi connectivity index (χ3n) is 4.90. The van der Waals surface area contributed by atoms with E-state index >= 15 is 0 Å². The normalized spacial score (nSPS) is 15.9. The molecule has 1 amide bonds. The van der Waals surface area contributed by atoms with Crippen molar-refractivity contribution in [2.75, 3.05) is 6.54 Å². The number of nitrogens with one attached hydrogen (secondary N) is 2. The summed E-state index contributed by atoms with van der Waals surface area (Å²) in [7, 11) is 0. The number of benzene rings is 2. The molecule has 0 radical (unpaired) electrons. The molecule has 29 heavy (non-hydrogen) atoms. The van der Waals surface area contributed by atoms with Crippen LogP contribution < -0.4 is 15.4 Å². The summed E-state index contributed by atoms with van der Waals surface area (Å²) in [6.07, 6.45) is 0.0549. The Morgan fingerprint density at radius 3 is 2.59 bits per heavy atom. The summed E-state index contributed by atoms with van der Waals surface area (Å²) >= 11 is 0. The monoisotopic (exact) mass is 390 g/mol. The first-order chi connectivity index (χ1) is 14.0. The van der Waals surface area contributed by atoms with Gasteiger partial charge in [-0.2, -0.15) is 5.10 Å². The van der Waals surface area contributed by atoms with Gasteiger partial charge in [-0.15, -0.1) is 0 Å². The molecular weight excluding hydrogens is 364 g/mol. The number of hydrogen-bond acceptors (Lipinski definition) is 4. The molecule has 0 spiro atoms. The maximum absolute atomic E-state index is 12.3. The van der Waals surface area contributed by atoms with Crippen LogP contribution in [-0.4, -0.2) is 28.3 Å². The van der Waals surface area contributed by atoms with E-state index < -0.39 is 0 Å². The minimum absolute atomic E-state index is 0.0934. The van der Waals surface area contributed by atoms with Crippen molar-refractivity contribution in [2.24, 2.45) is 0 Å². The molecule has 6 nitrogen and oxygen atoms in total.